The molecule has 104 valence electrons. The summed E-state index contributed by atoms with van der Waals surface area (Å²) in [6.45, 7) is 6.38. The van der Waals surface area contributed by atoms with Gasteiger partial charge >= 0.3 is 0 Å². The van der Waals surface area contributed by atoms with Crippen LogP contribution in [0.15, 0.2) is 30.5 Å². The lowest BCUT2D eigenvalue weighted by Crippen LogP contribution is -2.31. The highest BCUT2D eigenvalue weighted by Gasteiger charge is 2.28. The third-order valence-electron chi connectivity index (χ3n) is 4.26. The number of aromatic amines is 1. The SMILES string of the molecule is CCC(C)(C)C(CCc1c[nH]c2ccccc12)OO. The molecule has 1 atom stereocenters. The van der Waals surface area contributed by atoms with Gasteiger partial charge in [-0.2, -0.15) is 0 Å². The van der Waals surface area contributed by atoms with E-state index in [0.717, 1.165) is 24.8 Å². The summed E-state index contributed by atoms with van der Waals surface area (Å²) >= 11 is 0. The van der Waals surface area contributed by atoms with Gasteiger partial charge < -0.3 is 4.98 Å². The molecule has 0 spiro atoms. The van der Waals surface area contributed by atoms with Crippen molar-refractivity contribution in [1.29, 1.82) is 0 Å². The molecular formula is C16H23NO2. The summed E-state index contributed by atoms with van der Waals surface area (Å²) in [5.74, 6) is 0. The van der Waals surface area contributed by atoms with Gasteiger partial charge in [-0.1, -0.05) is 39.0 Å². The zero-order chi connectivity index (χ0) is 13.9. The first-order chi connectivity index (χ1) is 9.08. The van der Waals surface area contributed by atoms with Gasteiger partial charge in [0.05, 0.1) is 6.10 Å². The fourth-order valence-electron chi connectivity index (χ4n) is 2.44. The van der Waals surface area contributed by atoms with Crippen molar-refractivity contribution in [1.82, 2.24) is 4.98 Å². The number of fused-ring (bicyclic) bond motifs is 1. The van der Waals surface area contributed by atoms with Crippen LogP contribution in [0.4, 0.5) is 0 Å². The standard InChI is InChI=1S/C16H23NO2/c1-4-16(2,3)15(19-18)10-9-12-11-17-14-8-6-5-7-13(12)14/h5-8,11,15,17-18H,4,9-10H2,1-3H3. The van der Waals surface area contributed by atoms with Crippen LogP contribution in [0.25, 0.3) is 10.9 Å². The Morgan fingerprint density at radius 3 is 2.74 bits per heavy atom. The molecule has 2 rings (SSSR count). The number of H-pyrrole nitrogens is 1. The molecule has 19 heavy (non-hydrogen) atoms. The van der Waals surface area contributed by atoms with Gasteiger partial charge in [0, 0.05) is 17.1 Å². The van der Waals surface area contributed by atoms with E-state index < -0.39 is 0 Å². The van der Waals surface area contributed by atoms with Crippen LogP contribution in [0.5, 0.6) is 0 Å². The highest BCUT2D eigenvalue weighted by molar-refractivity contribution is 5.82. The minimum atomic E-state index is -0.133. The van der Waals surface area contributed by atoms with Crippen LogP contribution in [0.2, 0.25) is 0 Å². The molecule has 3 nitrogen and oxygen atoms in total. The summed E-state index contributed by atoms with van der Waals surface area (Å²) in [4.78, 5) is 7.99. The maximum absolute atomic E-state index is 9.13. The van der Waals surface area contributed by atoms with Crippen molar-refractivity contribution in [2.45, 2.75) is 46.1 Å². The van der Waals surface area contributed by atoms with Gasteiger partial charge in [0.15, 0.2) is 0 Å². The van der Waals surface area contributed by atoms with E-state index in [2.05, 4.69) is 50.2 Å². The van der Waals surface area contributed by atoms with Crippen LogP contribution >= 0.6 is 0 Å². The number of para-hydroxylation sites is 1. The smallest absolute Gasteiger partial charge is 0.0981 e. The second kappa shape index (κ2) is 5.76. The van der Waals surface area contributed by atoms with Crippen molar-refractivity contribution in [2.24, 2.45) is 5.41 Å². The molecule has 0 saturated heterocycles. The predicted molar refractivity (Wildman–Crippen MR) is 78.2 cm³/mol. The third kappa shape index (κ3) is 2.99. The lowest BCUT2D eigenvalue weighted by atomic mass is 9.81. The molecule has 2 N–H and O–H groups in total. The lowest BCUT2D eigenvalue weighted by Gasteiger charge is -2.30. The molecule has 0 saturated carbocycles. The van der Waals surface area contributed by atoms with E-state index in [4.69, 9.17) is 10.1 Å². The second-order valence-corrected chi connectivity index (χ2v) is 5.83. The van der Waals surface area contributed by atoms with E-state index in [9.17, 15) is 0 Å². The molecule has 1 unspecified atom stereocenters. The van der Waals surface area contributed by atoms with Gasteiger partial charge in [-0.05, 0) is 36.3 Å². The van der Waals surface area contributed by atoms with Crippen LogP contribution in [-0.4, -0.2) is 16.3 Å². The van der Waals surface area contributed by atoms with E-state index in [0.29, 0.717) is 0 Å². The number of benzene rings is 1. The molecule has 0 amide bonds. The van der Waals surface area contributed by atoms with Crippen LogP contribution in [-0.2, 0) is 11.3 Å². The fourth-order valence-corrected chi connectivity index (χ4v) is 2.44. The van der Waals surface area contributed by atoms with E-state index in [1.807, 2.05) is 6.07 Å². The summed E-state index contributed by atoms with van der Waals surface area (Å²) in [6.07, 6.45) is 4.62. The Bertz CT molecular complexity index is 530. The first kappa shape index (κ1) is 14.1. The van der Waals surface area contributed by atoms with Crippen molar-refractivity contribution in [3.8, 4) is 0 Å². The summed E-state index contributed by atoms with van der Waals surface area (Å²) in [5, 5.41) is 10.4. The van der Waals surface area contributed by atoms with E-state index in [1.165, 1.54) is 10.9 Å². The minimum absolute atomic E-state index is 0.0130. The number of nitrogens with one attached hydrogen (secondary N) is 1. The van der Waals surface area contributed by atoms with E-state index in [1.54, 1.807) is 0 Å². The van der Waals surface area contributed by atoms with Crippen molar-refractivity contribution >= 4 is 10.9 Å². The van der Waals surface area contributed by atoms with E-state index in [-0.39, 0.29) is 11.5 Å². The van der Waals surface area contributed by atoms with Crippen LogP contribution in [0, 0.1) is 5.41 Å². The molecule has 0 fully saturated rings. The predicted octanol–water partition coefficient (Wildman–Crippen LogP) is 4.39. The molecule has 1 aromatic heterocycles. The molecule has 0 aliphatic carbocycles. The molecule has 1 heterocycles. The molecule has 3 heteroatoms. The van der Waals surface area contributed by atoms with Crippen LogP contribution in [0.1, 0.15) is 39.2 Å². The maximum atomic E-state index is 9.13. The van der Waals surface area contributed by atoms with Crippen molar-refractivity contribution < 1.29 is 10.1 Å². The summed E-state index contributed by atoms with van der Waals surface area (Å²) in [5.41, 5.74) is 2.43. The molecule has 0 bridgehead atoms. The molecule has 0 radical (unpaired) electrons. The third-order valence-corrected chi connectivity index (χ3v) is 4.26. The first-order valence-corrected chi connectivity index (χ1v) is 6.93. The van der Waals surface area contributed by atoms with Gasteiger partial charge in [0.1, 0.15) is 0 Å². The average Bonchev–Trinajstić information content (AvgIpc) is 2.83. The largest absolute Gasteiger partial charge is 0.361 e. The summed E-state index contributed by atoms with van der Waals surface area (Å²) in [6, 6.07) is 8.29. The molecule has 0 aliphatic rings. The Labute approximate surface area is 114 Å². The molecule has 0 aliphatic heterocycles. The number of aryl methyl sites for hydroxylation is 1. The lowest BCUT2D eigenvalue weighted by molar-refractivity contribution is -0.302. The van der Waals surface area contributed by atoms with Gasteiger partial charge in [-0.15, -0.1) is 0 Å². The Morgan fingerprint density at radius 2 is 2.05 bits per heavy atom. The minimum Gasteiger partial charge on any atom is -0.361 e. The normalized spacial score (nSPS) is 13.9. The monoisotopic (exact) mass is 261 g/mol. The highest BCUT2D eigenvalue weighted by atomic mass is 17.1. The summed E-state index contributed by atoms with van der Waals surface area (Å²) in [7, 11) is 0. The van der Waals surface area contributed by atoms with Crippen LogP contribution in [0.3, 0.4) is 0 Å². The van der Waals surface area contributed by atoms with Gasteiger partial charge in [0.2, 0.25) is 0 Å². The Balaban J connectivity index is 2.09. The number of aromatic nitrogens is 1. The Kier molecular flexibility index (Phi) is 4.27. The number of hydrogen-bond donors (Lipinski definition) is 2. The van der Waals surface area contributed by atoms with Crippen molar-refractivity contribution in [3.05, 3.63) is 36.0 Å². The maximum Gasteiger partial charge on any atom is 0.0981 e. The zero-order valence-corrected chi connectivity index (χ0v) is 11.9. The van der Waals surface area contributed by atoms with Gasteiger partial charge in [-0.25, -0.2) is 4.89 Å². The van der Waals surface area contributed by atoms with Crippen LogP contribution < -0.4 is 0 Å². The average molecular weight is 261 g/mol. The molecule has 1 aromatic carbocycles. The number of hydrogen-bond acceptors (Lipinski definition) is 2. The van der Waals surface area contributed by atoms with Gasteiger partial charge in [-0.3, -0.25) is 5.26 Å². The zero-order valence-electron chi connectivity index (χ0n) is 11.9. The van der Waals surface area contributed by atoms with E-state index >= 15 is 0 Å². The highest BCUT2D eigenvalue weighted by Crippen LogP contribution is 2.30. The van der Waals surface area contributed by atoms with Gasteiger partial charge in [0.25, 0.3) is 0 Å². The topological polar surface area (TPSA) is 45.2 Å². The quantitative estimate of drug-likeness (QED) is 0.598. The fraction of sp³-hybridized carbons (Fsp3) is 0.500. The number of rotatable bonds is 6. The van der Waals surface area contributed by atoms with Crippen molar-refractivity contribution in [3.63, 3.8) is 0 Å². The Hall–Kier alpha value is -1.32. The Morgan fingerprint density at radius 1 is 1.32 bits per heavy atom. The molecular weight excluding hydrogens is 238 g/mol. The first-order valence-electron chi connectivity index (χ1n) is 6.93. The summed E-state index contributed by atoms with van der Waals surface area (Å²) < 4.78 is 0. The second-order valence-electron chi connectivity index (χ2n) is 5.83. The molecule has 2 aromatic rings. The van der Waals surface area contributed by atoms with Crippen molar-refractivity contribution in [2.75, 3.05) is 0 Å².